The minimum Gasteiger partial charge on any atom is -0.396 e. The van der Waals surface area contributed by atoms with Crippen molar-refractivity contribution in [3.05, 3.63) is 36.2 Å². The number of nitrogens with zero attached hydrogens (tertiary/aromatic N) is 1. The molecule has 0 fully saturated rings. The first-order valence-corrected chi connectivity index (χ1v) is 4.46. The van der Waals surface area contributed by atoms with Crippen LogP contribution in [-0.4, -0.2) is 22.4 Å². The molecule has 0 unspecified atom stereocenters. The SMILES string of the molecule is C=C(CCO)c1cccc(C(C)=N)n1. The molecule has 0 saturated carbocycles. The first-order chi connectivity index (χ1) is 6.65. The van der Waals surface area contributed by atoms with Gasteiger partial charge in [-0.25, -0.2) is 4.98 Å². The number of aromatic nitrogens is 1. The highest BCUT2D eigenvalue weighted by Crippen LogP contribution is 2.13. The smallest absolute Gasteiger partial charge is 0.0841 e. The molecule has 2 N–H and O–H groups in total. The molecule has 0 aliphatic rings. The molecule has 0 aliphatic carbocycles. The molecular formula is C11H14N2O. The Morgan fingerprint density at radius 3 is 2.71 bits per heavy atom. The van der Waals surface area contributed by atoms with E-state index in [1.54, 1.807) is 13.0 Å². The van der Waals surface area contributed by atoms with Crippen molar-refractivity contribution in [2.75, 3.05) is 6.61 Å². The lowest BCUT2D eigenvalue weighted by Crippen LogP contribution is -1.99. The van der Waals surface area contributed by atoms with Crippen LogP contribution >= 0.6 is 0 Å². The fourth-order valence-electron chi connectivity index (χ4n) is 1.10. The second-order valence-electron chi connectivity index (χ2n) is 3.11. The van der Waals surface area contributed by atoms with E-state index in [0.717, 1.165) is 11.3 Å². The van der Waals surface area contributed by atoms with Gasteiger partial charge in [0.15, 0.2) is 0 Å². The Morgan fingerprint density at radius 1 is 1.50 bits per heavy atom. The fourth-order valence-corrected chi connectivity index (χ4v) is 1.10. The van der Waals surface area contributed by atoms with E-state index < -0.39 is 0 Å². The van der Waals surface area contributed by atoms with Crippen molar-refractivity contribution in [1.29, 1.82) is 5.41 Å². The van der Waals surface area contributed by atoms with Gasteiger partial charge in [0.05, 0.1) is 17.1 Å². The average Bonchev–Trinajstić information content (AvgIpc) is 2.18. The summed E-state index contributed by atoms with van der Waals surface area (Å²) in [5, 5.41) is 16.2. The summed E-state index contributed by atoms with van der Waals surface area (Å²) >= 11 is 0. The van der Waals surface area contributed by atoms with Crippen molar-refractivity contribution in [3.63, 3.8) is 0 Å². The zero-order valence-corrected chi connectivity index (χ0v) is 8.25. The summed E-state index contributed by atoms with van der Waals surface area (Å²) in [6, 6.07) is 5.47. The molecule has 14 heavy (non-hydrogen) atoms. The molecule has 1 heterocycles. The van der Waals surface area contributed by atoms with Crippen molar-refractivity contribution in [2.24, 2.45) is 0 Å². The van der Waals surface area contributed by atoms with E-state index in [0.29, 0.717) is 17.8 Å². The van der Waals surface area contributed by atoms with Gasteiger partial charge in [0.1, 0.15) is 0 Å². The molecule has 0 spiro atoms. The van der Waals surface area contributed by atoms with Crippen molar-refractivity contribution >= 4 is 11.3 Å². The molecule has 0 saturated heterocycles. The quantitative estimate of drug-likeness (QED) is 0.712. The van der Waals surface area contributed by atoms with Gasteiger partial charge in [-0.15, -0.1) is 0 Å². The summed E-state index contributed by atoms with van der Waals surface area (Å²) in [7, 11) is 0. The van der Waals surface area contributed by atoms with Crippen LogP contribution in [0.4, 0.5) is 0 Å². The van der Waals surface area contributed by atoms with Gasteiger partial charge in [-0.2, -0.15) is 0 Å². The summed E-state index contributed by atoms with van der Waals surface area (Å²) < 4.78 is 0. The van der Waals surface area contributed by atoms with Crippen LogP contribution in [0.5, 0.6) is 0 Å². The van der Waals surface area contributed by atoms with E-state index in [-0.39, 0.29) is 6.61 Å². The first-order valence-electron chi connectivity index (χ1n) is 4.46. The van der Waals surface area contributed by atoms with Crippen molar-refractivity contribution in [2.45, 2.75) is 13.3 Å². The predicted molar refractivity (Wildman–Crippen MR) is 57.5 cm³/mol. The third-order valence-corrected chi connectivity index (χ3v) is 1.91. The van der Waals surface area contributed by atoms with Crippen LogP contribution in [0.1, 0.15) is 24.7 Å². The van der Waals surface area contributed by atoms with Crippen LogP contribution in [0, 0.1) is 5.41 Å². The molecule has 1 aromatic rings. The van der Waals surface area contributed by atoms with Gasteiger partial charge < -0.3 is 10.5 Å². The molecule has 0 aromatic carbocycles. The number of nitrogens with one attached hydrogen (secondary N) is 1. The molecule has 0 amide bonds. The van der Waals surface area contributed by atoms with Gasteiger partial charge in [0, 0.05) is 6.61 Å². The average molecular weight is 190 g/mol. The van der Waals surface area contributed by atoms with Crippen LogP contribution in [0.2, 0.25) is 0 Å². The van der Waals surface area contributed by atoms with Crippen molar-refractivity contribution < 1.29 is 5.11 Å². The second-order valence-corrected chi connectivity index (χ2v) is 3.11. The number of aliphatic hydroxyl groups is 1. The number of rotatable bonds is 4. The Kier molecular flexibility index (Phi) is 3.54. The molecule has 3 nitrogen and oxygen atoms in total. The number of aliphatic hydroxyl groups excluding tert-OH is 1. The third-order valence-electron chi connectivity index (χ3n) is 1.91. The highest BCUT2D eigenvalue weighted by atomic mass is 16.2. The number of hydrogen-bond acceptors (Lipinski definition) is 3. The third kappa shape index (κ3) is 2.50. The summed E-state index contributed by atoms with van der Waals surface area (Å²) in [5.74, 6) is 0. The predicted octanol–water partition coefficient (Wildman–Crippen LogP) is 1.86. The fraction of sp³-hybridized carbons (Fsp3) is 0.273. The highest BCUT2D eigenvalue weighted by Gasteiger charge is 2.02. The lowest BCUT2D eigenvalue weighted by molar-refractivity contribution is 0.305. The second kappa shape index (κ2) is 4.67. The minimum absolute atomic E-state index is 0.0777. The molecule has 74 valence electrons. The van der Waals surface area contributed by atoms with Gasteiger partial charge in [0.2, 0.25) is 0 Å². The van der Waals surface area contributed by atoms with Gasteiger partial charge in [0.25, 0.3) is 0 Å². The van der Waals surface area contributed by atoms with Crippen molar-refractivity contribution in [1.82, 2.24) is 4.98 Å². The van der Waals surface area contributed by atoms with E-state index in [4.69, 9.17) is 10.5 Å². The maximum atomic E-state index is 8.75. The van der Waals surface area contributed by atoms with Gasteiger partial charge in [-0.1, -0.05) is 12.6 Å². The molecule has 1 rings (SSSR count). The highest BCUT2D eigenvalue weighted by molar-refractivity contribution is 5.94. The standard InChI is InChI=1S/C11H14N2O/c1-8(6-7-14)10-4-3-5-11(13-10)9(2)12/h3-5,12,14H,1,6-7H2,2H3. The summed E-state index contributed by atoms with van der Waals surface area (Å²) in [6.07, 6.45) is 0.521. The molecule has 0 bridgehead atoms. The zero-order chi connectivity index (χ0) is 10.6. The Hall–Kier alpha value is -1.48. The normalized spacial score (nSPS) is 9.86. The lowest BCUT2D eigenvalue weighted by atomic mass is 10.1. The van der Waals surface area contributed by atoms with E-state index >= 15 is 0 Å². The molecular weight excluding hydrogens is 176 g/mol. The number of hydrogen-bond donors (Lipinski definition) is 2. The Morgan fingerprint density at radius 2 is 2.14 bits per heavy atom. The van der Waals surface area contributed by atoms with Crippen molar-refractivity contribution in [3.8, 4) is 0 Å². The molecule has 0 radical (unpaired) electrons. The summed E-state index contributed by atoms with van der Waals surface area (Å²) in [5.41, 5.74) is 2.64. The van der Waals surface area contributed by atoms with E-state index in [9.17, 15) is 0 Å². The van der Waals surface area contributed by atoms with E-state index in [1.807, 2.05) is 12.1 Å². The van der Waals surface area contributed by atoms with Crippen LogP contribution in [-0.2, 0) is 0 Å². The Bertz CT molecular complexity index is 358. The van der Waals surface area contributed by atoms with Gasteiger partial charge >= 0.3 is 0 Å². The molecule has 3 heteroatoms. The van der Waals surface area contributed by atoms with Crippen LogP contribution < -0.4 is 0 Å². The van der Waals surface area contributed by atoms with E-state index in [2.05, 4.69) is 11.6 Å². The zero-order valence-electron chi connectivity index (χ0n) is 8.25. The molecule has 0 aliphatic heterocycles. The Balaban J connectivity index is 2.93. The summed E-state index contributed by atoms with van der Waals surface area (Å²) in [6.45, 7) is 5.60. The van der Waals surface area contributed by atoms with E-state index in [1.165, 1.54) is 0 Å². The molecule has 0 atom stereocenters. The maximum absolute atomic E-state index is 8.75. The van der Waals surface area contributed by atoms with Crippen LogP contribution in [0.25, 0.3) is 5.57 Å². The monoisotopic (exact) mass is 190 g/mol. The largest absolute Gasteiger partial charge is 0.396 e. The summed E-state index contributed by atoms with van der Waals surface area (Å²) in [4.78, 5) is 4.26. The molecule has 1 aromatic heterocycles. The lowest BCUT2D eigenvalue weighted by Gasteiger charge is -2.04. The first kappa shape index (κ1) is 10.6. The Labute approximate surface area is 83.6 Å². The number of pyridine rings is 1. The van der Waals surface area contributed by atoms with Crippen LogP contribution in [0.3, 0.4) is 0 Å². The van der Waals surface area contributed by atoms with Gasteiger partial charge in [-0.05, 0) is 31.1 Å². The van der Waals surface area contributed by atoms with Gasteiger partial charge in [-0.3, -0.25) is 0 Å². The maximum Gasteiger partial charge on any atom is 0.0841 e. The topological polar surface area (TPSA) is 57.0 Å². The minimum atomic E-state index is 0.0777. The van der Waals surface area contributed by atoms with Crippen LogP contribution in [0.15, 0.2) is 24.8 Å².